The zero-order chi connectivity index (χ0) is 12.6. The van der Waals surface area contributed by atoms with Crippen molar-refractivity contribution in [2.45, 2.75) is 51.3 Å². The molecule has 2 N–H and O–H groups in total. The summed E-state index contributed by atoms with van der Waals surface area (Å²) in [6.45, 7) is 9.78. The monoisotopic (exact) mass is 246 g/mol. The summed E-state index contributed by atoms with van der Waals surface area (Å²) in [6.07, 6.45) is 4.24. The molecule has 0 aliphatic rings. The van der Waals surface area contributed by atoms with Crippen molar-refractivity contribution in [2.24, 2.45) is 0 Å². The van der Waals surface area contributed by atoms with E-state index in [9.17, 15) is 4.79 Å². The summed E-state index contributed by atoms with van der Waals surface area (Å²) in [4.78, 5) is 11.5. The number of carbonyl (C=O) groups is 1. The molecule has 0 radical (unpaired) electrons. The van der Waals surface area contributed by atoms with Crippen LogP contribution in [0, 0.1) is 0 Å². The molecule has 0 bridgehead atoms. The fraction of sp³-hybridized carbons (Fsp3) is 0.917. The Bertz CT molecular complexity index is 207. The van der Waals surface area contributed by atoms with Crippen LogP contribution in [0.15, 0.2) is 0 Å². The van der Waals surface area contributed by atoms with Crippen molar-refractivity contribution in [2.75, 3.05) is 19.3 Å². The standard InChI is InChI=1S/C12H26N2OS/c1-6-7-10(2)14-11(15)8-13-9-12(3,4)16-5/h10,13H,6-9H2,1-5H3,(H,14,15). The highest BCUT2D eigenvalue weighted by molar-refractivity contribution is 7.99. The molecule has 0 aliphatic carbocycles. The van der Waals surface area contributed by atoms with Gasteiger partial charge in [0, 0.05) is 17.3 Å². The SMILES string of the molecule is CCCC(C)NC(=O)CNCC(C)(C)SC. The fourth-order valence-electron chi connectivity index (χ4n) is 1.38. The number of hydrogen-bond acceptors (Lipinski definition) is 3. The lowest BCUT2D eigenvalue weighted by Gasteiger charge is -2.22. The quantitative estimate of drug-likeness (QED) is 0.688. The van der Waals surface area contributed by atoms with Crippen LogP contribution in [-0.2, 0) is 4.79 Å². The van der Waals surface area contributed by atoms with Crippen LogP contribution in [0.3, 0.4) is 0 Å². The first-order valence-electron chi connectivity index (χ1n) is 5.96. The highest BCUT2D eigenvalue weighted by Gasteiger charge is 2.15. The Morgan fingerprint density at radius 2 is 2.06 bits per heavy atom. The van der Waals surface area contributed by atoms with E-state index in [-0.39, 0.29) is 16.7 Å². The van der Waals surface area contributed by atoms with Crippen LogP contribution in [0.1, 0.15) is 40.5 Å². The van der Waals surface area contributed by atoms with Gasteiger partial charge in [0.2, 0.25) is 5.91 Å². The molecular formula is C12H26N2OS. The minimum atomic E-state index is 0.0952. The Labute approximate surface area is 104 Å². The third-order valence-corrected chi connectivity index (χ3v) is 3.77. The van der Waals surface area contributed by atoms with Gasteiger partial charge in [-0.2, -0.15) is 11.8 Å². The maximum absolute atomic E-state index is 11.5. The van der Waals surface area contributed by atoms with E-state index in [0.29, 0.717) is 6.54 Å². The Morgan fingerprint density at radius 3 is 2.56 bits per heavy atom. The third-order valence-electron chi connectivity index (χ3n) is 2.52. The first-order chi connectivity index (χ1) is 7.41. The summed E-state index contributed by atoms with van der Waals surface area (Å²) >= 11 is 1.81. The van der Waals surface area contributed by atoms with Gasteiger partial charge in [-0.05, 0) is 33.4 Å². The first-order valence-corrected chi connectivity index (χ1v) is 7.19. The largest absolute Gasteiger partial charge is 0.353 e. The van der Waals surface area contributed by atoms with E-state index in [0.717, 1.165) is 19.4 Å². The maximum atomic E-state index is 11.5. The van der Waals surface area contributed by atoms with E-state index in [1.165, 1.54) is 0 Å². The van der Waals surface area contributed by atoms with E-state index in [2.05, 4.69) is 37.7 Å². The normalized spacial score (nSPS) is 13.6. The number of nitrogens with one attached hydrogen (secondary N) is 2. The maximum Gasteiger partial charge on any atom is 0.234 e. The molecule has 0 fully saturated rings. The summed E-state index contributed by atoms with van der Waals surface area (Å²) in [7, 11) is 0. The Balaban J connectivity index is 3.66. The van der Waals surface area contributed by atoms with Crippen LogP contribution < -0.4 is 10.6 Å². The van der Waals surface area contributed by atoms with E-state index >= 15 is 0 Å². The topological polar surface area (TPSA) is 41.1 Å². The van der Waals surface area contributed by atoms with E-state index in [1.54, 1.807) is 11.8 Å². The lowest BCUT2D eigenvalue weighted by atomic mass is 10.2. The molecule has 0 aromatic carbocycles. The summed E-state index contributed by atoms with van der Waals surface area (Å²) in [5.41, 5.74) is 0. The van der Waals surface area contributed by atoms with Crippen LogP contribution in [0.5, 0.6) is 0 Å². The highest BCUT2D eigenvalue weighted by atomic mass is 32.2. The lowest BCUT2D eigenvalue weighted by molar-refractivity contribution is -0.120. The molecule has 3 nitrogen and oxygen atoms in total. The van der Waals surface area contributed by atoms with Gasteiger partial charge < -0.3 is 10.6 Å². The van der Waals surface area contributed by atoms with Crippen LogP contribution in [0.25, 0.3) is 0 Å². The van der Waals surface area contributed by atoms with Gasteiger partial charge in [0.15, 0.2) is 0 Å². The second-order valence-electron chi connectivity index (χ2n) is 4.82. The van der Waals surface area contributed by atoms with E-state index in [4.69, 9.17) is 0 Å². The number of thioether (sulfide) groups is 1. The van der Waals surface area contributed by atoms with Crippen molar-refractivity contribution in [1.82, 2.24) is 10.6 Å². The van der Waals surface area contributed by atoms with Crippen LogP contribution >= 0.6 is 11.8 Å². The van der Waals surface area contributed by atoms with Gasteiger partial charge in [-0.3, -0.25) is 4.79 Å². The second-order valence-corrected chi connectivity index (χ2v) is 6.34. The Hall–Kier alpha value is -0.220. The third kappa shape index (κ3) is 7.99. The Kier molecular flexibility index (Phi) is 7.85. The average Bonchev–Trinajstić information content (AvgIpc) is 2.17. The molecule has 0 aliphatic heterocycles. The predicted octanol–water partition coefficient (Wildman–Crippen LogP) is 2.02. The molecule has 0 aromatic rings. The summed E-state index contributed by atoms with van der Waals surface area (Å²) in [5, 5.41) is 6.17. The number of amides is 1. The van der Waals surface area contributed by atoms with Crippen molar-refractivity contribution in [1.29, 1.82) is 0 Å². The highest BCUT2D eigenvalue weighted by Crippen LogP contribution is 2.19. The van der Waals surface area contributed by atoms with Crippen molar-refractivity contribution in [3.05, 3.63) is 0 Å². The zero-order valence-corrected chi connectivity index (χ0v) is 12.0. The molecule has 1 amide bonds. The predicted molar refractivity (Wildman–Crippen MR) is 73.0 cm³/mol. The second kappa shape index (κ2) is 7.96. The molecule has 0 aromatic heterocycles. The number of hydrogen-bond donors (Lipinski definition) is 2. The van der Waals surface area contributed by atoms with Crippen LogP contribution in [-0.4, -0.2) is 36.0 Å². The molecular weight excluding hydrogens is 220 g/mol. The number of carbonyl (C=O) groups excluding carboxylic acids is 1. The molecule has 16 heavy (non-hydrogen) atoms. The van der Waals surface area contributed by atoms with E-state index < -0.39 is 0 Å². The molecule has 0 heterocycles. The van der Waals surface area contributed by atoms with Gasteiger partial charge in [0.1, 0.15) is 0 Å². The van der Waals surface area contributed by atoms with Gasteiger partial charge in [0.05, 0.1) is 6.54 Å². The fourth-order valence-corrected chi connectivity index (χ4v) is 1.63. The summed E-state index contributed by atoms with van der Waals surface area (Å²) in [5.74, 6) is 0.0952. The smallest absolute Gasteiger partial charge is 0.234 e. The van der Waals surface area contributed by atoms with Crippen molar-refractivity contribution >= 4 is 17.7 Å². The van der Waals surface area contributed by atoms with Crippen LogP contribution in [0.4, 0.5) is 0 Å². The lowest BCUT2D eigenvalue weighted by Crippen LogP contribution is -2.42. The van der Waals surface area contributed by atoms with Gasteiger partial charge in [-0.25, -0.2) is 0 Å². The molecule has 1 unspecified atom stereocenters. The van der Waals surface area contributed by atoms with Crippen molar-refractivity contribution < 1.29 is 4.79 Å². The van der Waals surface area contributed by atoms with Gasteiger partial charge in [-0.15, -0.1) is 0 Å². The van der Waals surface area contributed by atoms with Crippen molar-refractivity contribution in [3.63, 3.8) is 0 Å². The van der Waals surface area contributed by atoms with Gasteiger partial charge in [-0.1, -0.05) is 13.3 Å². The average molecular weight is 246 g/mol. The molecule has 1 atom stereocenters. The minimum Gasteiger partial charge on any atom is -0.353 e. The van der Waals surface area contributed by atoms with Gasteiger partial charge in [0.25, 0.3) is 0 Å². The summed E-state index contributed by atoms with van der Waals surface area (Å²) in [6, 6.07) is 0.285. The van der Waals surface area contributed by atoms with E-state index in [1.807, 2.05) is 6.92 Å². The van der Waals surface area contributed by atoms with Crippen molar-refractivity contribution in [3.8, 4) is 0 Å². The molecule has 0 rings (SSSR count). The first kappa shape index (κ1) is 15.8. The van der Waals surface area contributed by atoms with Crippen LogP contribution in [0.2, 0.25) is 0 Å². The molecule has 96 valence electrons. The Morgan fingerprint density at radius 1 is 1.44 bits per heavy atom. The zero-order valence-electron chi connectivity index (χ0n) is 11.2. The molecule has 4 heteroatoms. The van der Waals surface area contributed by atoms with Gasteiger partial charge >= 0.3 is 0 Å². The molecule has 0 spiro atoms. The minimum absolute atomic E-state index is 0.0952. The molecule has 0 saturated heterocycles. The molecule has 0 saturated carbocycles. The summed E-state index contributed by atoms with van der Waals surface area (Å²) < 4.78 is 0.190. The number of rotatable bonds is 8.